The molecule has 0 radical (unpaired) electrons. The molecule has 0 unspecified atom stereocenters. The molecule has 0 saturated heterocycles. The van der Waals surface area contributed by atoms with Crippen molar-refractivity contribution in [1.82, 2.24) is 4.90 Å². The summed E-state index contributed by atoms with van der Waals surface area (Å²) in [6.07, 6.45) is 1.31. The van der Waals surface area contributed by atoms with Crippen molar-refractivity contribution in [3.05, 3.63) is 23.8 Å². The van der Waals surface area contributed by atoms with Crippen molar-refractivity contribution in [3.63, 3.8) is 0 Å². The molecule has 1 amide bonds. The van der Waals surface area contributed by atoms with Crippen LogP contribution in [-0.2, 0) is 11.2 Å². The van der Waals surface area contributed by atoms with Gasteiger partial charge in [0.25, 0.3) is 0 Å². The number of hydrogen-bond donors (Lipinski definition) is 0. The first-order valence-electron chi connectivity index (χ1n) is 6.91. The Morgan fingerprint density at radius 3 is 2.53 bits per heavy atom. The molecule has 0 spiro atoms. The maximum Gasteiger partial charge on any atom is 0.226 e. The molecule has 4 heteroatoms. The van der Waals surface area contributed by atoms with Crippen molar-refractivity contribution in [2.24, 2.45) is 0 Å². The third kappa shape index (κ3) is 3.40. The fraction of sp³-hybridized carbons (Fsp3) is 0.533. The highest BCUT2D eigenvalue weighted by atomic mass is 16.5. The zero-order valence-electron chi connectivity index (χ0n) is 11.6. The van der Waals surface area contributed by atoms with E-state index in [0.29, 0.717) is 19.6 Å². The maximum absolute atomic E-state index is 12.1. The van der Waals surface area contributed by atoms with Gasteiger partial charge in [0, 0.05) is 19.5 Å². The summed E-state index contributed by atoms with van der Waals surface area (Å²) in [5.74, 6) is 1.68. The number of hydrogen-bond acceptors (Lipinski definition) is 3. The van der Waals surface area contributed by atoms with Gasteiger partial charge in [0.2, 0.25) is 5.91 Å². The van der Waals surface area contributed by atoms with Gasteiger partial charge in [0.1, 0.15) is 0 Å². The van der Waals surface area contributed by atoms with Crippen LogP contribution in [-0.4, -0.2) is 37.1 Å². The molecule has 19 heavy (non-hydrogen) atoms. The Morgan fingerprint density at radius 2 is 1.84 bits per heavy atom. The number of benzene rings is 1. The number of carbonyl (C=O) groups excluding carboxylic acids is 1. The van der Waals surface area contributed by atoms with Gasteiger partial charge in [-0.1, -0.05) is 6.07 Å². The van der Waals surface area contributed by atoms with Crippen LogP contribution in [0.5, 0.6) is 11.5 Å². The lowest BCUT2D eigenvalue weighted by atomic mass is 10.1. The SMILES string of the molecule is CCN(CC)C(=O)Cc1ccc2c(c1)OCCCO2. The van der Waals surface area contributed by atoms with Crippen LogP contribution >= 0.6 is 0 Å². The summed E-state index contributed by atoms with van der Waals surface area (Å²) in [5.41, 5.74) is 0.973. The van der Waals surface area contributed by atoms with Gasteiger partial charge in [0.05, 0.1) is 19.6 Å². The lowest BCUT2D eigenvalue weighted by Gasteiger charge is -2.18. The Labute approximate surface area is 114 Å². The average molecular weight is 263 g/mol. The standard InChI is InChI=1S/C15H21NO3/c1-3-16(4-2)15(17)11-12-6-7-13-14(10-12)19-9-5-8-18-13/h6-7,10H,3-5,8-9,11H2,1-2H3. The molecule has 1 heterocycles. The lowest BCUT2D eigenvalue weighted by Crippen LogP contribution is -2.31. The average Bonchev–Trinajstić information content (AvgIpc) is 2.64. The summed E-state index contributed by atoms with van der Waals surface area (Å²) in [5, 5.41) is 0. The Hall–Kier alpha value is -1.71. The zero-order chi connectivity index (χ0) is 13.7. The highest BCUT2D eigenvalue weighted by Gasteiger charge is 2.14. The van der Waals surface area contributed by atoms with E-state index in [1.807, 2.05) is 36.9 Å². The molecule has 0 bridgehead atoms. The quantitative estimate of drug-likeness (QED) is 0.836. The molecule has 1 aliphatic rings. The molecule has 0 saturated carbocycles. The molecule has 1 aromatic carbocycles. The smallest absolute Gasteiger partial charge is 0.226 e. The molecule has 1 aliphatic heterocycles. The Balaban J connectivity index is 2.09. The zero-order valence-corrected chi connectivity index (χ0v) is 11.6. The summed E-state index contributed by atoms with van der Waals surface area (Å²) >= 11 is 0. The minimum absolute atomic E-state index is 0.152. The molecule has 4 nitrogen and oxygen atoms in total. The van der Waals surface area contributed by atoms with Gasteiger partial charge in [-0.3, -0.25) is 4.79 Å². The highest BCUT2D eigenvalue weighted by molar-refractivity contribution is 5.79. The van der Waals surface area contributed by atoms with Crippen molar-refractivity contribution in [3.8, 4) is 11.5 Å². The molecule has 104 valence electrons. The second-order valence-electron chi connectivity index (χ2n) is 4.57. The van der Waals surface area contributed by atoms with Crippen LogP contribution in [0, 0.1) is 0 Å². The van der Waals surface area contributed by atoms with Gasteiger partial charge in [-0.25, -0.2) is 0 Å². The number of rotatable bonds is 4. The molecule has 0 atom stereocenters. The Kier molecular flexibility index (Phi) is 4.66. The van der Waals surface area contributed by atoms with Crippen molar-refractivity contribution in [2.45, 2.75) is 26.7 Å². The Bertz CT molecular complexity index is 441. The van der Waals surface area contributed by atoms with Crippen molar-refractivity contribution < 1.29 is 14.3 Å². The monoisotopic (exact) mass is 263 g/mol. The topological polar surface area (TPSA) is 38.8 Å². The first kappa shape index (κ1) is 13.7. The minimum atomic E-state index is 0.152. The molecular weight excluding hydrogens is 242 g/mol. The summed E-state index contributed by atoms with van der Waals surface area (Å²) in [6.45, 7) is 6.84. The van der Waals surface area contributed by atoms with E-state index >= 15 is 0 Å². The van der Waals surface area contributed by atoms with Gasteiger partial charge >= 0.3 is 0 Å². The molecule has 2 rings (SSSR count). The first-order chi connectivity index (χ1) is 9.24. The predicted octanol–water partition coefficient (Wildman–Crippen LogP) is 2.26. The molecule has 0 fully saturated rings. The maximum atomic E-state index is 12.1. The van der Waals surface area contributed by atoms with Crippen LogP contribution in [0.25, 0.3) is 0 Å². The van der Waals surface area contributed by atoms with Crippen molar-refractivity contribution >= 4 is 5.91 Å². The van der Waals surface area contributed by atoms with Gasteiger partial charge in [0.15, 0.2) is 11.5 Å². The van der Waals surface area contributed by atoms with Crippen molar-refractivity contribution in [2.75, 3.05) is 26.3 Å². The molecule has 0 N–H and O–H groups in total. The highest BCUT2D eigenvalue weighted by Crippen LogP contribution is 2.30. The third-order valence-electron chi connectivity index (χ3n) is 3.28. The molecule has 0 aliphatic carbocycles. The van der Waals surface area contributed by atoms with Gasteiger partial charge in [-0.05, 0) is 31.5 Å². The second kappa shape index (κ2) is 6.45. The summed E-state index contributed by atoms with van der Waals surface area (Å²) in [7, 11) is 0. The van der Waals surface area contributed by atoms with Gasteiger partial charge in [-0.15, -0.1) is 0 Å². The van der Waals surface area contributed by atoms with E-state index in [0.717, 1.165) is 36.6 Å². The lowest BCUT2D eigenvalue weighted by molar-refractivity contribution is -0.130. The van der Waals surface area contributed by atoms with E-state index in [-0.39, 0.29) is 5.91 Å². The fourth-order valence-corrected chi connectivity index (χ4v) is 2.18. The van der Waals surface area contributed by atoms with Crippen LogP contribution in [0.1, 0.15) is 25.8 Å². The summed E-state index contributed by atoms with van der Waals surface area (Å²) in [6, 6.07) is 5.75. The van der Waals surface area contributed by atoms with E-state index in [1.54, 1.807) is 0 Å². The van der Waals surface area contributed by atoms with Crippen LogP contribution in [0.4, 0.5) is 0 Å². The van der Waals surface area contributed by atoms with E-state index in [4.69, 9.17) is 9.47 Å². The van der Waals surface area contributed by atoms with Gasteiger partial charge in [-0.2, -0.15) is 0 Å². The summed E-state index contributed by atoms with van der Waals surface area (Å²) in [4.78, 5) is 13.9. The van der Waals surface area contributed by atoms with Crippen LogP contribution in [0.15, 0.2) is 18.2 Å². The number of carbonyl (C=O) groups is 1. The number of fused-ring (bicyclic) bond motifs is 1. The number of nitrogens with zero attached hydrogens (tertiary/aromatic N) is 1. The van der Waals surface area contributed by atoms with Gasteiger partial charge < -0.3 is 14.4 Å². The number of amides is 1. The van der Waals surface area contributed by atoms with Crippen LogP contribution in [0.3, 0.4) is 0 Å². The van der Waals surface area contributed by atoms with E-state index in [2.05, 4.69) is 0 Å². The number of likely N-dealkylation sites (N-methyl/N-ethyl adjacent to an activating group) is 1. The molecular formula is C15H21NO3. The van der Waals surface area contributed by atoms with Crippen LogP contribution < -0.4 is 9.47 Å². The third-order valence-corrected chi connectivity index (χ3v) is 3.28. The minimum Gasteiger partial charge on any atom is -0.490 e. The van der Waals surface area contributed by atoms with E-state index in [9.17, 15) is 4.79 Å². The normalized spacial score (nSPS) is 13.8. The molecule has 1 aromatic rings. The van der Waals surface area contributed by atoms with E-state index in [1.165, 1.54) is 0 Å². The Morgan fingerprint density at radius 1 is 1.16 bits per heavy atom. The fourth-order valence-electron chi connectivity index (χ4n) is 2.18. The van der Waals surface area contributed by atoms with E-state index < -0.39 is 0 Å². The predicted molar refractivity (Wildman–Crippen MR) is 73.7 cm³/mol. The van der Waals surface area contributed by atoms with Crippen molar-refractivity contribution in [1.29, 1.82) is 0 Å². The summed E-state index contributed by atoms with van der Waals surface area (Å²) < 4.78 is 11.2. The van der Waals surface area contributed by atoms with Crippen LogP contribution in [0.2, 0.25) is 0 Å². The largest absolute Gasteiger partial charge is 0.490 e. The molecule has 0 aromatic heterocycles. The first-order valence-corrected chi connectivity index (χ1v) is 6.91. The second-order valence-corrected chi connectivity index (χ2v) is 4.57. The number of ether oxygens (including phenoxy) is 2.